The summed E-state index contributed by atoms with van der Waals surface area (Å²) in [6, 6.07) is 5.33. The van der Waals surface area contributed by atoms with E-state index in [-0.39, 0.29) is 12.1 Å². The molecular weight excluding hydrogens is 365 g/mol. The Morgan fingerprint density at radius 1 is 1.28 bits per heavy atom. The number of nitrogens with two attached hydrogens (primary N) is 1. The number of halogens is 2. The zero-order chi connectivity index (χ0) is 17.8. The predicted octanol–water partition coefficient (Wildman–Crippen LogP) is 2.21. The number of anilines is 2. The Balaban J connectivity index is 1.69. The Hall–Kier alpha value is -1.80. The first-order valence-electron chi connectivity index (χ1n) is 7.89. The first-order chi connectivity index (χ1) is 12.1. The summed E-state index contributed by atoms with van der Waals surface area (Å²) in [6.45, 7) is 2.68. The number of ether oxygens (including phenoxy) is 1. The van der Waals surface area contributed by atoms with Gasteiger partial charge in [-0.1, -0.05) is 29.3 Å². The highest BCUT2D eigenvalue weighted by atomic mass is 35.5. The second kappa shape index (κ2) is 8.05. The molecule has 1 aliphatic heterocycles. The minimum Gasteiger partial charge on any atom is -0.381 e. The fraction of sp³-hybridized carbons (Fsp3) is 0.375. The molecule has 134 valence electrons. The van der Waals surface area contributed by atoms with Crippen molar-refractivity contribution in [1.82, 2.24) is 9.97 Å². The topological polar surface area (TPSA) is 105 Å². The quantitative estimate of drug-likeness (QED) is 0.584. The number of benzene rings is 1. The normalized spacial score (nSPS) is 14.2. The van der Waals surface area contributed by atoms with Crippen LogP contribution in [0.3, 0.4) is 0 Å². The number of nitrogens with zero attached hydrogens (tertiary/aromatic N) is 1. The summed E-state index contributed by atoms with van der Waals surface area (Å²) < 4.78 is 5.13. The molecular formula is C16H19Cl2N5O2. The van der Waals surface area contributed by atoms with Gasteiger partial charge in [0, 0.05) is 25.6 Å². The van der Waals surface area contributed by atoms with E-state index in [0.717, 1.165) is 5.56 Å². The molecule has 7 nitrogen and oxygen atoms in total. The van der Waals surface area contributed by atoms with Crippen LogP contribution in [0, 0.1) is 5.92 Å². The van der Waals surface area contributed by atoms with Crippen molar-refractivity contribution in [3.05, 3.63) is 49.9 Å². The Morgan fingerprint density at radius 3 is 2.72 bits per heavy atom. The summed E-state index contributed by atoms with van der Waals surface area (Å²) in [4.78, 5) is 19.4. The number of hydrogen-bond donors (Lipinski definition) is 4. The standard InChI is InChI=1S/C16H19Cl2N5O2/c17-11-2-1-9(3-12(11)18)5-21-16-22-13(4-19)14(15(24)23-16)20-6-10-7-25-8-10/h1-3,10,20H,4-8,19H2,(H2,21,22,23,24). The van der Waals surface area contributed by atoms with Crippen molar-refractivity contribution in [3.63, 3.8) is 0 Å². The molecule has 0 unspecified atom stereocenters. The van der Waals surface area contributed by atoms with Crippen molar-refractivity contribution < 1.29 is 4.74 Å². The number of aromatic nitrogens is 2. The van der Waals surface area contributed by atoms with Gasteiger partial charge in [0.05, 0.1) is 29.0 Å². The van der Waals surface area contributed by atoms with Gasteiger partial charge in [-0.2, -0.15) is 0 Å². The van der Waals surface area contributed by atoms with Gasteiger partial charge in [0.25, 0.3) is 5.56 Å². The third kappa shape index (κ3) is 4.43. The molecule has 2 heterocycles. The highest BCUT2D eigenvalue weighted by Gasteiger charge is 2.19. The second-order valence-electron chi connectivity index (χ2n) is 5.83. The van der Waals surface area contributed by atoms with Gasteiger partial charge in [-0.15, -0.1) is 0 Å². The molecule has 9 heteroatoms. The largest absolute Gasteiger partial charge is 0.381 e. The first-order valence-corrected chi connectivity index (χ1v) is 8.65. The molecule has 2 aromatic rings. The second-order valence-corrected chi connectivity index (χ2v) is 6.64. The summed E-state index contributed by atoms with van der Waals surface area (Å²) in [5.41, 5.74) is 7.33. The summed E-state index contributed by atoms with van der Waals surface area (Å²) in [6.07, 6.45) is 0. The lowest BCUT2D eigenvalue weighted by atomic mass is 10.1. The van der Waals surface area contributed by atoms with Crippen LogP contribution in [0.2, 0.25) is 10.0 Å². The molecule has 0 bridgehead atoms. The van der Waals surface area contributed by atoms with Crippen LogP contribution in [0.15, 0.2) is 23.0 Å². The molecule has 25 heavy (non-hydrogen) atoms. The Kier molecular flexibility index (Phi) is 5.80. The van der Waals surface area contributed by atoms with Crippen LogP contribution in [-0.4, -0.2) is 29.7 Å². The van der Waals surface area contributed by atoms with E-state index in [1.54, 1.807) is 12.1 Å². The summed E-state index contributed by atoms with van der Waals surface area (Å²) in [5, 5.41) is 7.16. The molecule has 1 aromatic heterocycles. The first kappa shape index (κ1) is 18.0. The smallest absolute Gasteiger partial charge is 0.275 e. The van der Waals surface area contributed by atoms with Crippen LogP contribution in [0.5, 0.6) is 0 Å². The molecule has 0 aliphatic carbocycles. The molecule has 3 rings (SSSR count). The molecule has 0 spiro atoms. The lowest BCUT2D eigenvalue weighted by Crippen LogP contribution is -2.35. The minimum atomic E-state index is -0.257. The van der Waals surface area contributed by atoms with Gasteiger partial charge in [-0.05, 0) is 17.7 Å². The van der Waals surface area contributed by atoms with Crippen molar-refractivity contribution in [2.75, 3.05) is 30.4 Å². The zero-order valence-corrected chi connectivity index (χ0v) is 15.0. The van der Waals surface area contributed by atoms with Crippen LogP contribution in [0.1, 0.15) is 11.3 Å². The van der Waals surface area contributed by atoms with Crippen LogP contribution in [0.4, 0.5) is 11.6 Å². The number of nitrogens with one attached hydrogen (secondary N) is 3. The maximum absolute atomic E-state index is 12.3. The van der Waals surface area contributed by atoms with Crippen molar-refractivity contribution >= 4 is 34.8 Å². The summed E-state index contributed by atoms with van der Waals surface area (Å²) in [7, 11) is 0. The van der Waals surface area contributed by atoms with Gasteiger partial charge >= 0.3 is 0 Å². The summed E-state index contributed by atoms with van der Waals surface area (Å²) >= 11 is 11.9. The number of aromatic amines is 1. The highest BCUT2D eigenvalue weighted by Crippen LogP contribution is 2.23. The molecule has 5 N–H and O–H groups in total. The Labute approximate surface area is 154 Å². The van der Waals surface area contributed by atoms with Crippen molar-refractivity contribution in [1.29, 1.82) is 0 Å². The fourth-order valence-electron chi connectivity index (χ4n) is 2.42. The van der Waals surface area contributed by atoms with E-state index in [1.165, 1.54) is 0 Å². The van der Waals surface area contributed by atoms with Gasteiger partial charge in [-0.3, -0.25) is 9.78 Å². The molecule has 0 radical (unpaired) electrons. The highest BCUT2D eigenvalue weighted by molar-refractivity contribution is 6.42. The minimum absolute atomic E-state index is 0.162. The Morgan fingerprint density at radius 2 is 2.08 bits per heavy atom. The molecule has 1 aromatic carbocycles. The van der Waals surface area contributed by atoms with Crippen LogP contribution in [0.25, 0.3) is 0 Å². The van der Waals surface area contributed by atoms with Crippen LogP contribution >= 0.6 is 23.2 Å². The monoisotopic (exact) mass is 383 g/mol. The third-order valence-electron chi connectivity index (χ3n) is 3.91. The maximum atomic E-state index is 12.3. The van der Waals surface area contributed by atoms with Gasteiger partial charge in [0.2, 0.25) is 5.95 Å². The predicted molar refractivity (Wildman–Crippen MR) is 99.3 cm³/mol. The molecule has 0 saturated carbocycles. The van der Waals surface area contributed by atoms with E-state index in [1.807, 2.05) is 6.07 Å². The van der Waals surface area contributed by atoms with Crippen LogP contribution < -0.4 is 21.9 Å². The van der Waals surface area contributed by atoms with E-state index in [9.17, 15) is 4.79 Å². The summed E-state index contributed by atoms with van der Waals surface area (Å²) in [5.74, 6) is 0.770. The molecule has 0 atom stereocenters. The van der Waals surface area contributed by atoms with E-state index < -0.39 is 0 Å². The number of H-pyrrole nitrogens is 1. The average Bonchev–Trinajstić information content (AvgIpc) is 2.55. The molecule has 1 saturated heterocycles. The van der Waals surface area contributed by atoms with Crippen molar-refractivity contribution in [3.8, 4) is 0 Å². The van der Waals surface area contributed by atoms with Gasteiger partial charge < -0.3 is 21.1 Å². The zero-order valence-electron chi connectivity index (χ0n) is 13.4. The van der Waals surface area contributed by atoms with Gasteiger partial charge in [-0.25, -0.2) is 4.98 Å². The molecule has 1 aliphatic rings. The molecule has 0 amide bonds. The third-order valence-corrected chi connectivity index (χ3v) is 4.65. The number of hydrogen-bond acceptors (Lipinski definition) is 6. The molecule has 1 fully saturated rings. The Bertz CT molecular complexity index is 808. The van der Waals surface area contributed by atoms with Crippen molar-refractivity contribution in [2.24, 2.45) is 11.7 Å². The SMILES string of the molecule is NCc1nc(NCc2ccc(Cl)c(Cl)c2)[nH]c(=O)c1NCC1COC1. The van der Waals surface area contributed by atoms with Gasteiger partial charge in [0.15, 0.2) is 0 Å². The maximum Gasteiger partial charge on any atom is 0.275 e. The van der Waals surface area contributed by atoms with E-state index in [4.69, 9.17) is 33.7 Å². The number of rotatable bonds is 7. The lowest BCUT2D eigenvalue weighted by molar-refractivity contribution is -0.0248. The van der Waals surface area contributed by atoms with E-state index in [0.29, 0.717) is 59.6 Å². The lowest BCUT2D eigenvalue weighted by Gasteiger charge is -2.26. The van der Waals surface area contributed by atoms with E-state index in [2.05, 4.69) is 20.6 Å². The van der Waals surface area contributed by atoms with Crippen LogP contribution in [-0.2, 0) is 17.8 Å². The van der Waals surface area contributed by atoms with Crippen molar-refractivity contribution in [2.45, 2.75) is 13.1 Å². The fourth-order valence-corrected chi connectivity index (χ4v) is 2.74. The average molecular weight is 384 g/mol. The van der Waals surface area contributed by atoms with E-state index >= 15 is 0 Å². The van der Waals surface area contributed by atoms with Gasteiger partial charge in [0.1, 0.15) is 5.69 Å².